The molecular weight excluding hydrogens is 276 g/mol. The van der Waals surface area contributed by atoms with E-state index in [1.54, 1.807) is 0 Å². The molecular formula is C15H23ClN2O2. The Morgan fingerprint density at radius 2 is 2.10 bits per heavy atom. The summed E-state index contributed by atoms with van der Waals surface area (Å²) in [4.78, 5) is 11.9. The van der Waals surface area contributed by atoms with Crippen molar-refractivity contribution in [2.24, 2.45) is 0 Å². The molecule has 1 heterocycles. The van der Waals surface area contributed by atoms with Gasteiger partial charge in [0.1, 0.15) is 0 Å². The number of nitrogens with one attached hydrogen (secondary N) is 2. The molecule has 1 aliphatic rings. The zero-order valence-electron chi connectivity index (χ0n) is 11.9. The summed E-state index contributed by atoms with van der Waals surface area (Å²) in [7, 11) is 0. The van der Waals surface area contributed by atoms with E-state index in [1.807, 2.05) is 0 Å². The standard InChI is InChI=1S/C15H22N2O2.ClH/c1-10-3-5-12(6-4-10)11(2)8-17-15(19)14-7-13(18)9-16-14;/h3-6,11,13-14,16,18H,7-9H2,1-2H3,(H,17,19);1H. The fourth-order valence-corrected chi connectivity index (χ4v) is 2.31. The first kappa shape index (κ1) is 17.0. The van der Waals surface area contributed by atoms with Gasteiger partial charge in [-0.1, -0.05) is 36.8 Å². The summed E-state index contributed by atoms with van der Waals surface area (Å²) >= 11 is 0. The van der Waals surface area contributed by atoms with Gasteiger partial charge >= 0.3 is 0 Å². The molecule has 1 saturated heterocycles. The molecule has 0 spiro atoms. The van der Waals surface area contributed by atoms with Gasteiger partial charge in [0, 0.05) is 13.1 Å². The Kier molecular flexibility index (Phi) is 6.46. The highest BCUT2D eigenvalue weighted by Crippen LogP contribution is 2.15. The van der Waals surface area contributed by atoms with E-state index in [2.05, 4.69) is 48.7 Å². The van der Waals surface area contributed by atoms with Gasteiger partial charge in [-0.05, 0) is 24.8 Å². The lowest BCUT2D eigenvalue weighted by Gasteiger charge is -2.16. The SMILES string of the molecule is Cc1ccc(C(C)CNC(=O)C2CC(O)CN2)cc1.Cl. The van der Waals surface area contributed by atoms with Crippen LogP contribution in [0.3, 0.4) is 0 Å². The van der Waals surface area contributed by atoms with Gasteiger partial charge in [-0.15, -0.1) is 12.4 Å². The third-order valence-electron chi connectivity index (χ3n) is 3.65. The molecule has 0 aliphatic carbocycles. The zero-order chi connectivity index (χ0) is 13.8. The van der Waals surface area contributed by atoms with E-state index in [1.165, 1.54) is 11.1 Å². The van der Waals surface area contributed by atoms with Crippen molar-refractivity contribution in [2.45, 2.75) is 38.3 Å². The highest BCUT2D eigenvalue weighted by Gasteiger charge is 2.27. The maximum atomic E-state index is 11.9. The summed E-state index contributed by atoms with van der Waals surface area (Å²) in [5, 5.41) is 15.3. The van der Waals surface area contributed by atoms with Crippen molar-refractivity contribution >= 4 is 18.3 Å². The van der Waals surface area contributed by atoms with Crippen LogP contribution in [0, 0.1) is 6.92 Å². The zero-order valence-corrected chi connectivity index (χ0v) is 12.7. The quantitative estimate of drug-likeness (QED) is 0.786. The number of hydrogen-bond acceptors (Lipinski definition) is 3. The molecule has 1 fully saturated rings. The average Bonchev–Trinajstić information content (AvgIpc) is 2.83. The Balaban J connectivity index is 0.00000200. The van der Waals surface area contributed by atoms with Crippen LogP contribution < -0.4 is 10.6 Å². The van der Waals surface area contributed by atoms with Gasteiger partial charge in [0.15, 0.2) is 0 Å². The van der Waals surface area contributed by atoms with Crippen LogP contribution in [0.25, 0.3) is 0 Å². The van der Waals surface area contributed by atoms with Gasteiger partial charge in [-0.3, -0.25) is 4.79 Å². The molecule has 20 heavy (non-hydrogen) atoms. The molecule has 3 N–H and O–H groups in total. The summed E-state index contributed by atoms with van der Waals surface area (Å²) in [6.07, 6.45) is 0.107. The first-order valence-electron chi connectivity index (χ1n) is 6.82. The van der Waals surface area contributed by atoms with Crippen LogP contribution in [0.2, 0.25) is 0 Å². The number of amides is 1. The molecule has 3 unspecified atom stereocenters. The molecule has 112 valence electrons. The van der Waals surface area contributed by atoms with Crippen molar-refractivity contribution in [3.8, 4) is 0 Å². The average molecular weight is 299 g/mol. The Hall–Kier alpha value is -1.10. The number of carbonyl (C=O) groups is 1. The van der Waals surface area contributed by atoms with Crippen molar-refractivity contribution in [2.75, 3.05) is 13.1 Å². The third kappa shape index (κ3) is 4.47. The fourth-order valence-electron chi connectivity index (χ4n) is 2.31. The molecule has 4 nitrogen and oxygen atoms in total. The van der Waals surface area contributed by atoms with Gasteiger partial charge in [-0.25, -0.2) is 0 Å². The van der Waals surface area contributed by atoms with Crippen LogP contribution in [-0.2, 0) is 4.79 Å². The third-order valence-corrected chi connectivity index (χ3v) is 3.65. The van der Waals surface area contributed by atoms with Crippen molar-refractivity contribution in [3.05, 3.63) is 35.4 Å². The minimum absolute atomic E-state index is 0. The van der Waals surface area contributed by atoms with Gasteiger partial charge in [-0.2, -0.15) is 0 Å². The largest absolute Gasteiger partial charge is 0.392 e. The van der Waals surface area contributed by atoms with Gasteiger partial charge in [0.2, 0.25) is 5.91 Å². The van der Waals surface area contributed by atoms with Crippen LogP contribution in [0.15, 0.2) is 24.3 Å². The monoisotopic (exact) mass is 298 g/mol. The number of halogens is 1. The Labute approximate surface area is 126 Å². The number of aliphatic hydroxyl groups excluding tert-OH is 1. The molecule has 1 amide bonds. The van der Waals surface area contributed by atoms with E-state index >= 15 is 0 Å². The van der Waals surface area contributed by atoms with E-state index in [0.717, 1.165) is 0 Å². The molecule has 0 saturated carbocycles. The molecule has 0 aromatic heterocycles. The highest BCUT2D eigenvalue weighted by molar-refractivity contribution is 5.85. The summed E-state index contributed by atoms with van der Waals surface area (Å²) in [6, 6.07) is 8.12. The number of aliphatic hydroxyl groups is 1. The van der Waals surface area contributed by atoms with Crippen LogP contribution in [0.1, 0.15) is 30.4 Å². The summed E-state index contributed by atoms with van der Waals surface area (Å²) in [5.41, 5.74) is 2.47. The lowest BCUT2D eigenvalue weighted by Crippen LogP contribution is -2.41. The lowest BCUT2D eigenvalue weighted by atomic mass is 10.00. The second kappa shape index (κ2) is 7.62. The number of hydrogen-bond donors (Lipinski definition) is 3. The van der Waals surface area contributed by atoms with Crippen LogP contribution in [0.4, 0.5) is 0 Å². The molecule has 0 bridgehead atoms. The lowest BCUT2D eigenvalue weighted by molar-refractivity contribution is -0.123. The predicted octanol–water partition coefficient (Wildman–Crippen LogP) is 1.36. The molecule has 3 atom stereocenters. The van der Waals surface area contributed by atoms with Crippen molar-refractivity contribution < 1.29 is 9.90 Å². The Morgan fingerprint density at radius 1 is 1.45 bits per heavy atom. The van der Waals surface area contributed by atoms with E-state index < -0.39 is 6.10 Å². The van der Waals surface area contributed by atoms with Crippen LogP contribution in [-0.4, -0.2) is 36.2 Å². The van der Waals surface area contributed by atoms with Crippen molar-refractivity contribution in [1.29, 1.82) is 0 Å². The maximum absolute atomic E-state index is 11.9. The van der Waals surface area contributed by atoms with Gasteiger partial charge in [0.25, 0.3) is 0 Å². The topological polar surface area (TPSA) is 61.4 Å². The van der Waals surface area contributed by atoms with E-state index in [-0.39, 0.29) is 30.3 Å². The van der Waals surface area contributed by atoms with Crippen molar-refractivity contribution in [1.82, 2.24) is 10.6 Å². The number of carbonyl (C=O) groups excluding carboxylic acids is 1. The fraction of sp³-hybridized carbons (Fsp3) is 0.533. The normalized spacial score (nSPS) is 22.9. The molecule has 1 aliphatic heterocycles. The van der Waals surface area contributed by atoms with Crippen molar-refractivity contribution in [3.63, 3.8) is 0 Å². The summed E-state index contributed by atoms with van der Waals surface area (Å²) < 4.78 is 0. The van der Waals surface area contributed by atoms with Crippen LogP contribution >= 0.6 is 12.4 Å². The molecule has 2 rings (SSSR count). The predicted molar refractivity (Wildman–Crippen MR) is 82.3 cm³/mol. The second-order valence-electron chi connectivity index (χ2n) is 5.41. The number of β-amino-alcohol motifs (C(OH)–C–C–N with tert-alkyl or cyclic N) is 1. The summed E-state index contributed by atoms with van der Waals surface area (Å²) in [5.74, 6) is 0.270. The molecule has 0 radical (unpaired) electrons. The maximum Gasteiger partial charge on any atom is 0.237 e. The number of rotatable bonds is 4. The van der Waals surface area contributed by atoms with E-state index in [4.69, 9.17) is 0 Å². The molecule has 1 aromatic rings. The highest BCUT2D eigenvalue weighted by atomic mass is 35.5. The summed E-state index contributed by atoms with van der Waals surface area (Å²) in [6.45, 7) is 5.29. The first-order chi connectivity index (χ1) is 9.06. The Morgan fingerprint density at radius 3 is 2.65 bits per heavy atom. The smallest absolute Gasteiger partial charge is 0.237 e. The van der Waals surface area contributed by atoms with E-state index in [9.17, 15) is 9.90 Å². The second-order valence-corrected chi connectivity index (χ2v) is 5.41. The number of benzene rings is 1. The molecule has 5 heteroatoms. The first-order valence-corrected chi connectivity index (χ1v) is 6.82. The minimum atomic E-state index is -0.398. The number of aryl methyl sites for hydroxylation is 1. The minimum Gasteiger partial charge on any atom is -0.392 e. The van der Waals surface area contributed by atoms with E-state index in [0.29, 0.717) is 19.5 Å². The Bertz CT molecular complexity index is 436. The van der Waals surface area contributed by atoms with Gasteiger partial charge in [0.05, 0.1) is 12.1 Å². The van der Waals surface area contributed by atoms with Gasteiger partial charge < -0.3 is 15.7 Å². The molecule has 1 aromatic carbocycles. The van der Waals surface area contributed by atoms with Crippen LogP contribution in [0.5, 0.6) is 0 Å².